The van der Waals surface area contributed by atoms with Crippen molar-refractivity contribution in [2.24, 2.45) is 0 Å². The quantitative estimate of drug-likeness (QED) is 0.373. The van der Waals surface area contributed by atoms with Crippen LogP contribution in [0.2, 0.25) is 0 Å². The van der Waals surface area contributed by atoms with Crippen molar-refractivity contribution in [1.82, 2.24) is 24.6 Å². The highest BCUT2D eigenvalue weighted by atomic mass is 32.2. The highest BCUT2D eigenvalue weighted by Gasteiger charge is 2.22. The number of hydrogen-bond donors (Lipinski definition) is 0. The van der Waals surface area contributed by atoms with Crippen LogP contribution in [0, 0.1) is 11.3 Å². The molecule has 5 rings (SSSR count). The number of benzene rings is 2. The van der Waals surface area contributed by atoms with Crippen molar-refractivity contribution in [3.8, 4) is 23.1 Å². The Morgan fingerprint density at radius 3 is 2.50 bits per heavy atom. The summed E-state index contributed by atoms with van der Waals surface area (Å²) in [5.41, 5.74) is 3.53. The predicted octanol–water partition coefficient (Wildman–Crippen LogP) is 4.03. The fourth-order valence-corrected chi connectivity index (χ4v) is 5.10. The van der Waals surface area contributed by atoms with Gasteiger partial charge in [0.25, 0.3) is 0 Å². The number of hydrogen-bond acceptors (Lipinski definition) is 7. The van der Waals surface area contributed by atoms with Gasteiger partial charge in [-0.3, -0.25) is 14.3 Å². The van der Waals surface area contributed by atoms with E-state index in [-0.39, 0.29) is 11.7 Å². The highest BCUT2D eigenvalue weighted by molar-refractivity contribution is 7.99. The zero-order valence-electron chi connectivity index (χ0n) is 19.7. The average Bonchev–Trinajstić information content (AvgIpc) is 3.21. The third kappa shape index (κ3) is 5.24. The molecule has 4 aromatic rings. The van der Waals surface area contributed by atoms with Crippen molar-refractivity contribution < 1.29 is 4.79 Å². The van der Waals surface area contributed by atoms with Crippen LogP contribution in [0.15, 0.2) is 84.3 Å². The lowest BCUT2D eigenvalue weighted by molar-refractivity contribution is -0.128. The second-order valence-corrected chi connectivity index (χ2v) is 9.33. The van der Waals surface area contributed by atoms with Crippen LogP contribution in [0.25, 0.3) is 17.1 Å². The fourth-order valence-electron chi connectivity index (χ4n) is 4.24. The van der Waals surface area contributed by atoms with Crippen LogP contribution >= 0.6 is 11.8 Å². The van der Waals surface area contributed by atoms with Gasteiger partial charge in [0.05, 0.1) is 17.4 Å². The van der Waals surface area contributed by atoms with Crippen molar-refractivity contribution >= 4 is 23.4 Å². The molecule has 0 radical (unpaired) electrons. The van der Waals surface area contributed by atoms with Gasteiger partial charge in [-0.1, -0.05) is 30.0 Å². The lowest BCUT2D eigenvalue weighted by Crippen LogP contribution is -2.36. The minimum Gasteiger partial charge on any atom is -0.370 e. The van der Waals surface area contributed by atoms with Crippen LogP contribution in [0.1, 0.15) is 12.0 Å². The molecule has 0 saturated carbocycles. The van der Waals surface area contributed by atoms with Gasteiger partial charge in [-0.25, -0.2) is 0 Å². The number of rotatable bonds is 6. The van der Waals surface area contributed by atoms with Gasteiger partial charge < -0.3 is 9.80 Å². The monoisotopic (exact) mass is 495 g/mol. The van der Waals surface area contributed by atoms with E-state index in [2.05, 4.69) is 26.2 Å². The van der Waals surface area contributed by atoms with Gasteiger partial charge in [-0.15, -0.1) is 10.2 Å². The Balaban J connectivity index is 1.27. The molecule has 0 aliphatic carbocycles. The Bertz CT molecular complexity index is 1350. The summed E-state index contributed by atoms with van der Waals surface area (Å²) in [7, 11) is 0. The Hall–Kier alpha value is -4.16. The summed E-state index contributed by atoms with van der Waals surface area (Å²) >= 11 is 1.40. The third-order valence-electron chi connectivity index (χ3n) is 6.10. The van der Waals surface area contributed by atoms with E-state index in [1.807, 2.05) is 76.2 Å². The van der Waals surface area contributed by atoms with Crippen molar-refractivity contribution in [3.63, 3.8) is 0 Å². The van der Waals surface area contributed by atoms with Crippen molar-refractivity contribution in [1.29, 1.82) is 5.26 Å². The molecule has 0 spiro atoms. The van der Waals surface area contributed by atoms with Crippen molar-refractivity contribution in [2.45, 2.75) is 11.6 Å². The standard InChI is InChI=1S/C27H25N7OS/c28-18-21-9-11-23(12-10-21)32-14-5-15-33(17-16-32)25(35)20-36-27-31-30-26(22-6-4-13-29-19-22)34(27)24-7-2-1-3-8-24/h1-4,6-13,19H,5,14-17,20H2. The summed E-state index contributed by atoms with van der Waals surface area (Å²) in [6, 6.07) is 23.5. The molecule has 180 valence electrons. The van der Waals surface area contributed by atoms with E-state index in [0.717, 1.165) is 43.0 Å². The molecule has 2 aromatic heterocycles. The number of nitriles is 1. The van der Waals surface area contributed by atoms with Crippen LogP contribution in [0.3, 0.4) is 0 Å². The van der Waals surface area contributed by atoms with E-state index < -0.39 is 0 Å². The Kier molecular flexibility index (Phi) is 7.24. The van der Waals surface area contributed by atoms with Gasteiger partial charge in [0.2, 0.25) is 5.91 Å². The van der Waals surface area contributed by atoms with Crippen LogP contribution in [0.5, 0.6) is 0 Å². The molecule has 1 aliphatic heterocycles. The summed E-state index contributed by atoms with van der Waals surface area (Å²) in [6.07, 6.45) is 4.38. The van der Waals surface area contributed by atoms with Crippen molar-refractivity contribution in [3.05, 3.63) is 84.7 Å². The highest BCUT2D eigenvalue weighted by Crippen LogP contribution is 2.28. The SMILES string of the molecule is N#Cc1ccc(N2CCCN(C(=O)CSc3nnc(-c4cccnc4)n3-c3ccccc3)CC2)cc1. The van der Waals surface area contributed by atoms with E-state index in [1.54, 1.807) is 12.4 Å². The summed E-state index contributed by atoms with van der Waals surface area (Å²) in [5.74, 6) is 1.07. The predicted molar refractivity (Wildman–Crippen MR) is 140 cm³/mol. The smallest absolute Gasteiger partial charge is 0.233 e. The summed E-state index contributed by atoms with van der Waals surface area (Å²) in [5, 5.41) is 18.5. The Morgan fingerprint density at radius 1 is 0.917 bits per heavy atom. The molecule has 0 N–H and O–H groups in total. The average molecular weight is 496 g/mol. The van der Waals surface area contributed by atoms with E-state index in [1.165, 1.54) is 11.8 Å². The van der Waals surface area contributed by atoms with E-state index in [0.29, 0.717) is 23.1 Å². The maximum atomic E-state index is 13.2. The molecule has 2 aromatic carbocycles. The fraction of sp³-hybridized carbons (Fsp3) is 0.222. The number of anilines is 1. The molecule has 0 atom stereocenters. The van der Waals surface area contributed by atoms with Gasteiger partial charge in [0, 0.05) is 55.5 Å². The normalized spacial score (nSPS) is 13.8. The molecular weight excluding hydrogens is 470 g/mol. The number of thioether (sulfide) groups is 1. The Labute approximate surface area is 214 Å². The molecule has 36 heavy (non-hydrogen) atoms. The van der Waals surface area contributed by atoms with Gasteiger partial charge in [-0.05, 0) is 55.0 Å². The first kappa shape index (κ1) is 23.6. The first-order valence-electron chi connectivity index (χ1n) is 11.8. The second kappa shape index (κ2) is 11.1. The topological polar surface area (TPSA) is 90.9 Å². The van der Waals surface area contributed by atoms with Gasteiger partial charge in [0.15, 0.2) is 11.0 Å². The Morgan fingerprint density at radius 2 is 1.75 bits per heavy atom. The second-order valence-electron chi connectivity index (χ2n) is 8.39. The van der Waals surface area contributed by atoms with Crippen LogP contribution in [0.4, 0.5) is 5.69 Å². The number of amides is 1. The molecule has 3 heterocycles. The van der Waals surface area contributed by atoms with E-state index in [9.17, 15) is 4.79 Å². The summed E-state index contributed by atoms with van der Waals surface area (Å²) in [6.45, 7) is 3.01. The largest absolute Gasteiger partial charge is 0.370 e. The lowest BCUT2D eigenvalue weighted by Gasteiger charge is -2.23. The number of carbonyl (C=O) groups is 1. The van der Waals surface area contributed by atoms with E-state index >= 15 is 0 Å². The molecule has 0 bridgehead atoms. The first-order chi connectivity index (χ1) is 17.7. The molecule has 1 fully saturated rings. The molecule has 0 unspecified atom stereocenters. The summed E-state index contributed by atoms with van der Waals surface area (Å²) < 4.78 is 1.98. The molecule has 1 amide bonds. The number of carbonyl (C=O) groups excluding carboxylic acids is 1. The minimum absolute atomic E-state index is 0.0900. The minimum atomic E-state index is 0.0900. The van der Waals surface area contributed by atoms with Gasteiger partial charge in [-0.2, -0.15) is 5.26 Å². The number of nitrogens with zero attached hydrogens (tertiary/aromatic N) is 7. The van der Waals surface area contributed by atoms with E-state index in [4.69, 9.17) is 5.26 Å². The maximum Gasteiger partial charge on any atom is 0.233 e. The number of pyridine rings is 1. The van der Waals surface area contributed by atoms with Crippen molar-refractivity contribution in [2.75, 3.05) is 36.8 Å². The molecule has 9 heteroatoms. The molecule has 1 aliphatic rings. The lowest BCUT2D eigenvalue weighted by atomic mass is 10.2. The number of para-hydroxylation sites is 1. The first-order valence-corrected chi connectivity index (χ1v) is 12.8. The van der Waals surface area contributed by atoms with Crippen LogP contribution < -0.4 is 4.90 Å². The van der Waals surface area contributed by atoms with Gasteiger partial charge >= 0.3 is 0 Å². The van der Waals surface area contributed by atoms with Crippen LogP contribution in [-0.4, -0.2) is 62.5 Å². The zero-order chi connectivity index (χ0) is 24.7. The maximum absolute atomic E-state index is 13.2. The zero-order valence-corrected chi connectivity index (χ0v) is 20.5. The summed E-state index contributed by atoms with van der Waals surface area (Å²) in [4.78, 5) is 21.6. The van der Waals surface area contributed by atoms with Gasteiger partial charge in [0.1, 0.15) is 0 Å². The molecule has 8 nitrogen and oxygen atoms in total. The third-order valence-corrected chi connectivity index (χ3v) is 7.02. The molecule has 1 saturated heterocycles. The van der Waals surface area contributed by atoms with Crippen LogP contribution in [-0.2, 0) is 4.79 Å². The molecular formula is C27H25N7OS. The number of aromatic nitrogens is 4.